The van der Waals surface area contributed by atoms with Crippen molar-refractivity contribution >= 4 is 11.7 Å². The van der Waals surface area contributed by atoms with Crippen LogP contribution in [0.25, 0.3) is 0 Å². The molecule has 0 radical (unpaired) electrons. The lowest BCUT2D eigenvalue weighted by Gasteiger charge is -2.30. The van der Waals surface area contributed by atoms with Gasteiger partial charge in [-0.25, -0.2) is 0 Å². The Morgan fingerprint density at radius 1 is 1.13 bits per heavy atom. The van der Waals surface area contributed by atoms with Gasteiger partial charge in [0.15, 0.2) is 0 Å². The monoisotopic (exact) mass is 319 g/mol. The van der Waals surface area contributed by atoms with Crippen molar-refractivity contribution in [3.05, 3.63) is 30.3 Å². The number of hydrogen-bond acceptors (Lipinski definition) is 2. The molecule has 1 rings (SSSR count). The number of para-hydroxylation sites is 1. The molecule has 0 aromatic heterocycles. The Morgan fingerprint density at radius 2 is 1.83 bits per heavy atom. The number of unbranched alkanes of at least 4 members (excludes halogenated alkanes) is 3. The van der Waals surface area contributed by atoms with E-state index in [1.54, 1.807) is 0 Å². The molecule has 3 nitrogen and oxygen atoms in total. The number of carboxylic acids is 1. The Kier molecular flexibility index (Phi) is 9.42. The number of nitrogens with one attached hydrogen (secondary N) is 1. The van der Waals surface area contributed by atoms with Crippen molar-refractivity contribution in [3.8, 4) is 0 Å². The zero-order valence-corrected chi connectivity index (χ0v) is 14.9. The van der Waals surface area contributed by atoms with Gasteiger partial charge in [0.1, 0.15) is 0 Å². The summed E-state index contributed by atoms with van der Waals surface area (Å²) in [6.45, 7) is 7.40. The van der Waals surface area contributed by atoms with Crippen LogP contribution in [-0.2, 0) is 4.79 Å². The molecule has 2 unspecified atom stereocenters. The second-order valence-corrected chi connectivity index (χ2v) is 6.86. The number of aliphatic carboxylic acids is 1. The Labute approximate surface area is 141 Å². The van der Waals surface area contributed by atoms with Gasteiger partial charge in [-0.15, -0.1) is 0 Å². The van der Waals surface area contributed by atoms with Crippen LogP contribution in [-0.4, -0.2) is 17.6 Å². The SMILES string of the molecule is CCCCCCC(C(C)C)C(CNc1ccccc1)CC(=O)O. The summed E-state index contributed by atoms with van der Waals surface area (Å²) in [5, 5.41) is 12.7. The smallest absolute Gasteiger partial charge is 0.303 e. The topological polar surface area (TPSA) is 49.3 Å². The van der Waals surface area contributed by atoms with E-state index in [-0.39, 0.29) is 12.3 Å². The number of benzene rings is 1. The van der Waals surface area contributed by atoms with Crippen LogP contribution in [0.15, 0.2) is 30.3 Å². The Balaban J connectivity index is 2.64. The van der Waals surface area contributed by atoms with E-state index >= 15 is 0 Å². The lowest BCUT2D eigenvalue weighted by Crippen LogP contribution is -2.29. The molecule has 0 saturated heterocycles. The summed E-state index contributed by atoms with van der Waals surface area (Å²) in [7, 11) is 0. The molecule has 23 heavy (non-hydrogen) atoms. The predicted octanol–water partition coefficient (Wildman–Crippen LogP) is 5.43. The van der Waals surface area contributed by atoms with E-state index in [2.05, 4.69) is 26.1 Å². The molecular formula is C20H33NO2. The number of anilines is 1. The fourth-order valence-electron chi connectivity index (χ4n) is 3.32. The third-order valence-electron chi connectivity index (χ3n) is 4.63. The average molecular weight is 319 g/mol. The lowest BCUT2D eigenvalue weighted by molar-refractivity contribution is -0.138. The van der Waals surface area contributed by atoms with Gasteiger partial charge in [0, 0.05) is 12.2 Å². The van der Waals surface area contributed by atoms with Crippen LogP contribution in [0.4, 0.5) is 5.69 Å². The van der Waals surface area contributed by atoms with Crippen molar-refractivity contribution in [2.75, 3.05) is 11.9 Å². The minimum absolute atomic E-state index is 0.175. The minimum atomic E-state index is -0.691. The Bertz CT molecular complexity index is 431. The highest BCUT2D eigenvalue weighted by molar-refractivity contribution is 5.67. The average Bonchev–Trinajstić information content (AvgIpc) is 2.52. The second-order valence-electron chi connectivity index (χ2n) is 6.86. The molecule has 1 aromatic carbocycles. The number of rotatable bonds is 12. The maximum absolute atomic E-state index is 11.3. The molecule has 2 atom stereocenters. The molecular weight excluding hydrogens is 286 g/mol. The van der Waals surface area contributed by atoms with Crippen LogP contribution in [0.3, 0.4) is 0 Å². The van der Waals surface area contributed by atoms with E-state index in [9.17, 15) is 9.90 Å². The number of hydrogen-bond donors (Lipinski definition) is 2. The van der Waals surface area contributed by atoms with E-state index < -0.39 is 5.97 Å². The molecule has 3 heteroatoms. The maximum Gasteiger partial charge on any atom is 0.303 e. The standard InChI is InChI=1S/C20H33NO2/c1-4-5-6-10-13-19(16(2)3)17(14-20(22)23)15-21-18-11-8-7-9-12-18/h7-9,11-12,16-17,19,21H,4-6,10,13-15H2,1-3H3,(H,22,23). The summed E-state index contributed by atoms with van der Waals surface area (Å²) in [4.78, 5) is 11.3. The van der Waals surface area contributed by atoms with Crippen molar-refractivity contribution < 1.29 is 9.90 Å². The first-order chi connectivity index (χ1) is 11.0. The van der Waals surface area contributed by atoms with E-state index in [1.807, 2.05) is 30.3 Å². The molecule has 0 aliphatic heterocycles. The zero-order chi connectivity index (χ0) is 17.1. The van der Waals surface area contributed by atoms with Gasteiger partial charge in [0.05, 0.1) is 6.42 Å². The molecule has 0 aliphatic carbocycles. The van der Waals surface area contributed by atoms with Crippen molar-refractivity contribution in [2.45, 2.75) is 59.3 Å². The summed E-state index contributed by atoms with van der Waals surface area (Å²) in [5.74, 6) is 0.455. The van der Waals surface area contributed by atoms with Crippen LogP contribution < -0.4 is 5.32 Å². The van der Waals surface area contributed by atoms with Gasteiger partial charge in [-0.2, -0.15) is 0 Å². The van der Waals surface area contributed by atoms with Gasteiger partial charge < -0.3 is 10.4 Å². The van der Waals surface area contributed by atoms with Crippen LogP contribution in [0.5, 0.6) is 0 Å². The van der Waals surface area contributed by atoms with Gasteiger partial charge in [-0.05, 0) is 36.3 Å². The summed E-state index contributed by atoms with van der Waals surface area (Å²) in [6.07, 6.45) is 6.35. The summed E-state index contributed by atoms with van der Waals surface area (Å²) in [6, 6.07) is 10.1. The van der Waals surface area contributed by atoms with E-state index in [0.717, 1.165) is 18.7 Å². The summed E-state index contributed by atoms with van der Waals surface area (Å²) >= 11 is 0. The van der Waals surface area contributed by atoms with E-state index in [1.165, 1.54) is 25.7 Å². The first kappa shape index (κ1) is 19.5. The fraction of sp³-hybridized carbons (Fsp3) is 0.650. The molecule has 0 saturated carbocycles. The summed E-state index contributed by atoms with van der Waals surface area (Å²) in [5.41, 5.74) is 1.07. The third-order valence-corrected chi connectivity index (χ3v) is 4.63. The van der Waals surface area contributed by atoms with Gasteiger partial charge in [0.2, 0.25) is 0 Å². The van der Waals surface area contributed by atoms with Crippen LogP contribution in [0.2, 0.25) is 0 Å². The second kappa shape index (κ2) is 11.1. The van der Waals surface area contributed by atoms with Gasteiger partial charge in [0.25, 0.3) is 0 Å². The molecule has 0 aliphatic rings. The zero-order valence-electron chi connectivity index (χ0n) is 14.9. The predicted molar refractivity (Wildman–Crippen MR) is 97.8 cm³/mol. The lowest BCUT2D eigenvalue weighted by atomic mass is 9.78. The Hall–Kier alpha value is -1.51. The number of carbonyl (C=O) groups is 1. The fourth-order valence-corrected chi connectivity index (χ4v) is 3.32. The highest BCUT2D eigenvalue weighted by atomic mass is 16.4. The van der Waals surface area contributed by atoms with Gasteiger partial charge in [-0.3, -0.25) is 4.79 Å². The molecule has 130 valence electrons. The molecule has 0 bridgehead atoms. The third kappa shape index (κ3) is 8.06. The quantitative estimate of drug-likeness (QED) is 0.505. The van der Waals surface area contributed by atoms with Crippen LogP contribution in [0, 0.1) is 17.8 Å². The van der Waals surface area contributed by atoms with Crippen molar-refractivity contribution in [1.29, 1.82) is 0 Å². The normalized spacial score (nSPS) is 13.7. The molecule has 1 aromatic rings. The highest BCUT2D eigenvalue weighted by Gasteiger charge is 2.26. The largest absolute Gasteiger partial charge is 0.481 e. The van der Waals surface area contributed by atoms with Gasteiger partial charge >= 0.3 is 5.97 Å². The minimum Gasteiger partial charge on any atom is -0.481 e. The molecule has 0 amide bonds. The Morgan fingerprint density at radius 3 is 2.39 bits per heavy atom. The molecule has 0 spiro atoms. The highest BCUT2D eigenvalue weighted by Crippen LogP contribution is 2.30. The number of carboxylic acid groups (broad SMARTS) is 1. The molecule has 0 heterocycles. The van der Waals surface area contributed by atoms with Gasteiger partial charge in [-0.1, -0.05) is 64.7 Å². The molecule has 0 fully saturated rings. The van der Waals surface area contributed by atoms with E-state index in [0.29, 0.717) is 11.8 Å². The molecule has 2 N–H and O–H groups in total. The maximum atomic E-state index is 11.3. The van der Waals surface area contributed by atoms with Crippen LogP contribution >= 0.6 is 0 Å². The van der Waals surface area contributed by atoms with Crippen molar-refractivity contribution in [3.63, 3.8) is 0 Å². The first-order valence-corrected chi connectivity index (χ1v) is 9.05. The van der Waals surface area contributed by atoms with Crippen LogP contribution in [0.1, 0.15) is 59.3 Å². The summed E-state index contributed by atoms with van der Waals surface area (Å²) < 4.78 is 0. The van der Waals surface area contributed by atoms with Crippen molar-refractivity contribution in [1.82, 2.24) is 0 Å². The van der Waals surface area contributed by atoms with Crippen molar-refractivity contribution in [2.24, 2.45) is 17.8 Å². The first-order valence-electron chi connectivity index (χ1n) is 9.05. The van der Waals surface area contributed by atoms with E-state index in [4.69, 9.17) is 0 Å².